The minimum absolute atomic E-state index is 0.102. The molecule has 1 aromatic heterocycles. The van der Waals surface area contributed by atoms with Crippen molar-refractivity contribution in [3.05, 3.63) is 17.6 Å². The number of nitrogens with one attached hydrogen (secondary N) is 1. The molecule has 1 fully saturated rings. The molecule has 1 aliphatic rings. The molecule has 18 heavy (non-hydrogen) atoms. The largest absolute Gasteiger partial charge is 0.393 e. The molecule has 1 heterocycles. The van der Waals surface area contributed by atoms with Gasteiger partial charge in [0.1, 0.15) is 11.6 Å². The van der Waals surface area contributed by atoms with Gasteiger partial charge in [0.25, 0.3) is 0 Å². The number of aliphatic hydroxyl groups excluding tert-OH is 1. The Morgan fingerprint density at radius 3 is 2.78 bits per heavy atom. The molecule has 0 saturated heterocycles. The van der Waals surface area contributed by atoms with Crippen LogP contribution in [0.25, 0.3) is 0 Å². The lowest BCUT2D eigenvalue weighted by Gasteiger charge is -2.13. The van der Waals surface area contributed by atoms with E-state index in [-0.39, 0.29) is 6.10 Å². The minimum atomic E-state index is -0.102. The summed E-state index contributed by atoms with van der Waals surface area (Å²) in [6.07, 6.45) is 2.85. The fraction of sp³-hybridized carbons (Fsp3) is 0.714. The number of aliphatic hydroxyl groups is 1. The van der Waals surface area contributed by atoms with E-state index in [0.717, 1.165) is 43.1 Å². The number of aromatic nitrogens is 2. The predicted octanol–water partition coefficient (Wildman–Crippen LogP) is 2.48. The van der Waals surface area contributed by atoms with Crippen LogP contribution in [-0.4, -0.2) is 27.7 Å². The summed E-state index contributed by atoms with van der Waals surface area (Å²) in [5, 5.41) is 12.9. The second kappa shape index (κ2) is 5.65. The summed E-state index contributed by atoms with van der Waals surface area (Å²) < 4.78 is 0. The summed E-state index contributed by atoms with van der Waals surface area (Å²) in [6, 6.07) is 1.98. The van der Waals surface area contributed by atoms with Crippen LogP contribution < -0.4 is 5.32 Å². The monoisotopic (exact) mass is 249 g/mol. The van der Waals surface area contributed by atoms with Crippen LogP contribution in [0.15, 0.2) is 6.07 Å². The molecular weight excluding hydrogens is 226 g/mol. The van der Waals surface area contributed by atoms with Gasteiger partial charge >= 0.3 is 0 Å². The molecule has 1 aliphatic carbocycles. The molecule has 2 rings (SSSR count). The summed E-state index contributed by atoms with van der Waals surface area (Å²) in [6.45, 7) is 7.10. The lowest BCUT2D eigenvalue weighted by Crippen LogP contribution is -2.14. The molecule has 2 unspecified atom stereocenters. The summed E-state index contributed by atoms with van der Waals surface area (Å²) in [5.41, 5.74) is 1.00. The van der Waals surface area contributed by atoms with Crippen LogP contribution in [0, 0.1) is 12.8 Å². The van der Waals surface area contributed by atoms with Crippen LogP contribution in [0.5, 0.6) is 0 Å². The molecule has 2 N–H and O–H groups in total. The Labute approximate surface area is 109 Å². The zero-order valence-corrected chi connectivity index (χ0v) is 11.5. The van der Waals surface area contributed by atoms with Crippen molar-refractivity contribution in [3.8, 4) is 0 Å². The van der Waals surface area contributed by atoms with E-state index in [2.05, 4.69) is 29.1 Å². The molecule has 4 nitrogen and oxygen atoms in total. The molecule has 1 aromatic rings. The molecule has 4 heteroatoms. The van der Waals surface area contributed by atoms with Gasteiger partial charge in [0.05, 0.1) is 6.10 Å². The van der Waals surface area contributed by atoms with E-state index in [1.165, 1.54) is 0 Å². The molecule has 0 radical (unpaired) electrons. The minimum Gasteiger partial charge on any atom is -0.393 e. The smallest absolute Gasteiger partial charge is 0.133 e. The Bertz CT molecular complexity index is 406. The van der Waals surface area contributed by atoms with Crippen molar-refractivity contribution >= 4 is 5.82 Å². The Balaban J connectivity index is 1.96. The topological polar surface area (TPSA) is 58.0 Å². The van der Waals surface area contributed by atoms with Crippen LogP contribution >= 0.6 is 0 Å². The van der Waals surface area contributed by atoms with E-state index in [0.29, 0.717) is 11.8 Å². The van der Waals surface area contributed by atoms with E-state index in [1.54, 1.807) is 0 Å². The van der Waals surface area contributed by atoms with Gasteiger partial charge in [-0.1, -0.05) is 13.8 Å². The maximum atomic E-state index is 9.50. The molecule has 0 amide bonds. The fourth-order valence-electron chi connectivity index (χ4n) is 2.42. The third-order valence-electron chi connectivity index (χ3n) is 3.47. The Kier molecular flexibility index (Phi) is 4.17. The van der Waals surface area contributed by atoms with Crippen LogP contribution in [0.3, 0.4) is 0 Å². The van der Waals surface area contributed by atoms with E-state index in [9.17, 15) is 5.11 Å². The zero-order valence-electron chi connectivity index (χ0n) is 11.5. The first-order chi connectivity index (χ1) is 8.54. The van der Waals surface area contributed by atoms with E-state index in [4.69, 9.17) is 0 Å². The standard InChI is InChI=1S/C14H23N3O/c1-9(2)14-16-10(3)6-13(17-14)15-8-11-4-5-12(18)7-11/h6,9,11-12,18H,4-5,7-8H2,1-3H3,(H,15,16,17). The first kappa shape index (κ1) is 13.3. The highest BCUT2D eigenvalue weighted by Crippen LogP contribution is 2.25. The maximum absolute atomic E-state index is 9.50. The number of nitrogens with zero attached hydrogens (tertiary/aromatic N) is 2. The van der Waals surface area contributed by atoms with E-state index in [1.807, 2.05) is 13.0 Å². The molecule has 0 bridgehead atoms. The molecule has 1 saturated carbocycles. The normalized spacial score (nSPS) is 23.6. The van der Waals surface area contributed by atoms with Gasteiger partial charge in [-0.25, -0.2) is 9.97 Å². The predicted molar refractivity (Wildman–Crippen MR) is 72.7 cm³/mol. The third-order valence-corrected chi connectivity index (χ3v) is 3.47. The molecular formula is C14H23N3O. The van der Waals surface area contributed by atoms with Crippen molar-refractivity contribution in [1.82, 2.24) is 9.97 Å². The quantitative estimate of drug-likeness (QED) is 0.860. The van der Waals surface area contributed by atoms with Gasteiger partial charge in [-0.3, -0.25) is 0 Å². The molecule has 0 spiro atoms. The highest BCUT2D eigenvalue weighted by atomic mass is 16.3. The number of hydrogen-bond donors (Lipinski definition) is 2. The van der Waals surface area contributed by atoms with Crippen molar-refractivity contribution in [2.75, 3.05) is 11.9 Å². The first-order valence-corrected chi connectivity index (χ1v) is 6.82. The van der Waals surface area contributed by atoms with E-state index < -0.39 is 0 Å². The van der Waals surface area contributed by atoms with Crippen LogP contribution in [0.1, 0.15) is 50.5 Å². The van der Waals surface area contributed by atoms with Crippen LogP contribution in [0.2, 0.25) is 0 Å². The second-order valence-corrected chi connectivity index (χ2v) is 5.62. The number of aryl methyl sites for hydroxylation is 1. The van der Waals surface area contributed by atoms with Crippen molar-refractivity contribution in [3.63, 3.8) is 0 Å². The fourth-order valence-corrected chi connectivity index (χ4v) is 2.42. The SMILES string of the molecule is Cc1cc(NCC2CCC(O)C2)nc(C(C)C)n1. The Morgan fingerprint density at radius 1 is 1.39 bits per heavy atom. The highest BCUT2D eigenvalue weighted by Gasteiger charge is 2.22. The Morgan fingerprint density at radius 2 is 2.17 bits per heavy atom. The second-order valence-electron chi connectivity index (χ2n) is 5.62. The van der Waals surface area contributed by atoms with Crippen LogP contribution in [-0.2, 0) is 0 Å². The summed E-state index contributed by atoms with van der Waals surface area (Å²) >= 11 is 0. The lowest BCUT2D eigenvalue weighted by atomic mass is 10.1. The number of hydrogen-bond acceptors (Lipinski definition) is 4. The summed E-state index contributed by atoms with van der Waals surface area (Å²) in [7, 11) is 0. The average Bonchev–Trinajstić information content (AvgIpc) is 2.72. The molecule has 2 atom stereocenters. The van der Waals surface area contributed by atoms with Gasteiger partial charge < -0.3 is 10.4 Å². The molecule has 0 aromatic carbocycles. The number of anilines is 1. The lowest BCUT2D eigenvalue weighted by molar-refractivity contribution is 0.178. The van der Waals surface area contributed by atoms with Crippen molar-refractivity contribution in [1.29, 1.82) is 0 Å². The first-order valence-electron chi connectivity index (χ1n) is 6.82. The molecule has 100 valence electrons. The Hall–Kier alpha value is -1.16. The van der Waals surface area contributed by atoms with Gasteiger partial charge in [-0.2, -0.15) is 0 Å². The van der Waals surface area contributed by atoms with Crippen molar-refractivity contribution in [2.24, 2.45) is 5.92 Å². The third kappa shape index (κ3) is 3.42. The summed E-state index contributed by atoms with van der Waals surface area (Å²) in [4.78, 5) is 8.96. The summed E-state index contributed by atoms with van der Waals surface area (Å²) in [5.74, 6) is 2.72. The highest BCUT2D eigenvalue weighted by molar-refractivity contribution is 5.36. The van der Waals surface area contributed by atoms with Gasteiger partial charge in [0.15, 0.2) is 0 Å². The van der Waals surface area contributed by atoms with Gasteiger partial charge in [-0.05, 0) is 32.1 Å². The average molecular weight is 249 g/mol. The van der Waals surface area contributed by atoms with Gasteiger partial charge in [0.2, 0.25) is 0 Å². The van der Waals surface area contributed by atoms with E-state index >= 15 is 0 Å². The van der Waals surface area contributed by atoms with Crippen molar-refractivity contribution in [2.45, 2.75) is 52.1 Å². The van der Waals surface area contributed by atoms with Crippen molar-refractivity contribution < 1.29 is 5.11 Å². The number of rotatable bonds is 4. The maximum Gasteiger partial charge on any atom is 0.133 e. The van der Waals surface area contributed by atoms with Gasteiger partial charge in [0, 0.05) is 24.2 Å². The zero-order chi connectivity index (χ0) is 13.1. The molecule has 0 aliphatic heterocycles. The van der Waals surface area contributed by atoms with Crippen LogP contribution in [0.4, 0.5) is 5.82 Å². The van der Waals surface area contributed by atoms with Gasteiger partial charge in [-0.15, -0.1) is 0 Å².